The zero-order chi connectivity index (χ0) is 10.6. The van der Waals surface area contributed by atoms with Crippen molar-refractivity contribution in [2.75, 3.05) is 6.61 Å². The summed E-state index contributed by atoms with van der Waals surface area (Å²) in [5, 5.41) is 0. The van der Waals surface area contributed by atoms with Crippen molar-refractivity contribution >= 4 is 0 Å². The first-order valence-electron chi connectivity index (χ1n) is 5.04. The predicted molar refractivity (Wildman–Crippen MR) is 56.1 cm³/mol. The molecule has 0 saturated heterocycles. The molecule has 0 heterocycles. The van der Waals surface area contributed by atoms with Gasteiger partial charge in [0.15, 0.2) is 0 Å². The molecule has 0 saturated carbocycles. The Morgan fingerprint density at radius 3 is 2.57 bits per heavy atom. The third-order valence-electron chi connectivity index (χ3n) is 1.92. The van der Waals surface area contributed by atoms with E-state index >= 15 is 0 Å². The Kier molecular flexibility index (Phi) is 3.93. The average Bonchev–Trinajstić information content (AvgIpc) is 2.14. The normalized spacial score (nSPS) is 10.6. The number of rotatable bonds is 4. The zero-order valence-electron chi connectivity index (χ0n) is 9.01. The number of hydrogen-bond donors (Lipinski definition) is 0. The fraction of sp³-hybridized carbons (Fsp3) is 0.500. The maximum atomic E-state index is 13.1. The van der Waals surface area contributed by atoms with Crippen LogP contribution in [0.4, 0.5) is 4.39 Å². The van der Waals surface area contributed by atoms with Crippen molar-refractivity contribution < 1.29 is 9.13 Å². The summed E-state index contributed by atoms with van der Waals surface area (Å²) in [4.78, 5) is 0. The summed E-state index contributed by atoms with van der Waals surface area (Å²) < 4.78 is 18.5. The van der Waals surface area contributed by atoms with Gasteiger partial charge in [0, 0.05) is 6.07 Å². The SMILES string of the molecule is CCc1cc(F)cc(OCC(C)C)c1. The van der Waals surface area contributed by atoms with Gasteiger partial charge in [0.05, 0.1) is 6.61 Å². The van der Waals surface area contributed by atoms with Gasteiger partial charge in [-0.1, -0.05) is 20.8 Å². The first-order valence-corrected chi connectivity index (χ1v) is 5.04. The van der Waals surface area contributed by atoms with Crippen molar-refractivity contribution in [3.8, 4) is 5.75 Å². The Labute approximate surface area is 84.9 Å². The van der Waals surface area contributed by atoms with Gasteiger partial charge in [-0.3, -0.25) is 0 Å². The van der Waals surface area contributed by atoms with Gasteiger partial charge in [-0.15, -0.1) is 0 Å². The third-order valence-corrected chi connectivity index (χ3v) is 1.92. The Hall–Kier alpha value is -1.05. The lowest BCUT2D eigenvalue weighted by molar-refractivity contribution is 0.269. The van der Waals surface area contributed by atoms with Crippen LogP contribution < -0.4 is 4.74 Å². The molecule has 0 unspecified atom stereocenters. The maximum absolute atomic E-state index is 13.1. The van der Waals surface area contributed by atoms with Gasteiger partial charge in [0.1, 0.15) is 11.6 Å². The minimum atomic E-state index is -0.219. The standard InChI is InChI=1S/C12H17FO/c1-4-10-5-11(13)7-12(6-10)14-8-9(2)3/h5-7,9H,4,8H2,1-3H3. The van der Waals surface area contributed by atoms with Crippen molar-refractivity contribution in [3.63, 3.8) is 0 Å². The van der Waals surface area contributed by atoms with E-state index in [1.54, 1.807) is 6.07 Å². The number of benzene rings is 1. The quantitative estimate of drug-likeness (QED) is 0.717. The number of hydrogen-bond acceptors (Lipinski definition) is 1. The molecule has 0 bridgehead atoms. The van der Waals surface area contributed by atoms with Crippen molar-refractivity contribution in [1.82, 2.24) is 0 Å². The van der Waals surface area contributed by atoms with Crippen LogP contribution in [0.2, 0.25) is 0 Å². The molecule has 1 rings (SSSR count). The predicted octanol–water partition coefficient (Wildman–Crippen LogP) is 3.42. The maximum Gasteiger partial charge on any atom is 0.127 e. The number of halogens is 1. The summed E-state index contributed by atoms with van der Waals surface area (Å²) in [5.41, 5.74) is 0.976. The molecule has 0 aliphatic carbocycles. The van der Waals surface area contributed by atoms with Crippen molar-refractivity contribution in [2.45, 2.75) is 27.2 Å². The van der Waals surface area contributed by atoms with Gasteiger partial charge in [0.2, 0.25) is 0 Å². The second-order valence-electron chi connectivity index (χ2n) is 3.85. The fourth-order valence-corrected chi connectivity index (χ4v) is 1.17. The van der Waals surface area contributed by atoms with E-state index in [4.69, 9.17) is 4.74 Å². The van der Waals surface area contributed by atoms with E-state index in [-0.39, 0.29) is 5.82 Å². The van der Waals surface area contributed by atoms with E-state index < -0.39 is 0 Å². The smallest absolute Gasteiger partial charge is 0.127 e. The lowest BCUT2D eigenvalue weighted by atomic mass is 10.1. The molecule has 14 heavy (non-hydrogen) atoms. The lowest BCUT2D eigenvalue weighted by Gasteiger charge is -2.09. The molecule has 0 fully saturated rings. The van der Waals surface area contributed by atoms with Gasteiger partial charge >= 0.3 is 0 Å². The summed E-state index contributed by atoms with van der Waals surface area (Å²) in [6.45, 7) is 6.77. The van der Waals surface area contributed by atoms with E-state index in [0.29, 0.717) is 18.3 Å². The Morgan fingerprint density at radius 2 is 2.00 bits per heavy atom. The highest BCUT2D eigenvalue weighted by atomic mass is 19.1. The van der Waals surface area contributed by atoms with Crippen LogP contribution in [-0.2, 0) is 6.42 Å². The minimum absolute atomic E-state index is 0.219. The molecule has 0 atom stereocenters. The molecule has 1 nitrogen and oxygen atoms in total. The molecule has 0 amide bonds. The molecule has 2 heteroatoms. The van der Waals surface area contributed by atoms with Crippen molar-refractivity contribution in [2.24, 2.45) is 5.92 Å². The topological polar surface area (TPSA) is 9.23 Å². The molecule has 0 aliphatic rings. The Balaban J connectivity index is 2.71. The van der Waals surface area contributed by atoms with E-state index in [1.807, 2.05) is 13.0 Å². The molecular weight excluding hydrogens is 179 g/mol. The lowest BCUT2D eigenvalue weighted by Crippen LogP contribution is -2.04. The molecule has 0 aliphatic heterocycles. The van der Waals surface area contributed by atoms with E-state index in [1.165, 1.54) is 6.07 Å². The summed E-state index contributed by atoms with van der Waals surface area (Å²) in [6, 6.07) is 4.87. The second kappa shape index (κ2) is 4.99. The zero-order valence-corrected chi connectivity index (χ0v) is 9.01. The second-order valence-corrected chi connectivity index (χ2v) is 3.85. The average molecular weight is 196 g/mol. The molecular formula is C12H17FO. The molecule has 0 aromatic heterocycles. The van der Waals surface area contributed by atoms with Crippen LogP contribution in [0.1, 0.15) is 26.3 Å². The van der Waals surface area contributed by atoms with Crippen LogP contribution in [0.25, 0.3) is 0 Å². The van der Waals surface area contributed by atoms with Gasteiger partial charge in [-0.2, -0.15) is 0 Å². The first kappa shape index (κ1) is 11.0. The highest BCUT2D eigenvalue weighted by Gasteiger charge is 2.01. The van der Waals surface area contributed by atoms with Crippen LogP contribution in [0, 0.1) is 11.7 Å². The van der Waals surface area contributed by atoms with E-state index in [9.17, 15) is 4.39 Å². The fourth-order valence-electron chi connectivity index (χ4n) is 1.17. The van der Waals surface area contributed by atoms with Gasteiger partial charge in [-0.05, 0) is 30.0 Å². The summed E-state index contributed by atoms with van der Waals surface area (Å²) in [6.07, 6.45) is 0.829. The monoisotopic (exact) mass is 196 g/mol. The molecule has 0 N–H and O–H groups in total. The van der Waals surface area contributed by atoms with Crippen LogP contribution in [0.15, 0.2) is 18.2 Å². The third kappa shape index (κ3) is 3.36. The minimum Gasteiger partial charge on any atom is -0.493 e. The van der Waals surface area contributed by atoms with Crippen molar-refractivity contribution in [1.29, 1.82) is 0 Å². The molecule has 1 aromatic rings. The molecule has 78 valence electrons. The first-order chi connectivity index (χ1) is 6.61. The van der Waals surface area contributed by atoms with Crippen LogP contribution in [-0.4, -0.2) is 6.61 Å². The summed E-state index contributed by atoms with van der Waals surface area (Å²) >= 11 is 0. The van der Waals surface area contributed by atoms with E-state index in [0.717, 1.165) is 12.0 Å². The summed E-state index contributed by atoms with van der Waals surface area (Å²) in [7, 11) is 0. The Morgan fingerprint density at radius 1 is 1.29 bits per heavy atom. The number of ether oxygens (including phenoxy) is 1. The van der Waals surface area contributed by atoms with Gasteiger partial charge in [-0.25, -0.2) is 4.39 Å². The highest BCUT2D eigenvalue weighted by molar-refractivity contribution is 5.29. The van der Waals surface area contributed by atoms with Gasteiger partial charge < -0.3 is 4.74 Å². The molecule has 0 spiro atoms. The number of aryl methyl sites for hydroxylation is 1. The highest BCUT2D eigenvalue weighted by Crippen LogP contribution is 2.17. The Bertz CT molecular complexity index is 294. The van der Waals surface area contributed by atoms with Crippen molar-refractivity contribution in [3.05, 3.63) is 29.6 Å². The molecule has 1 aromatic carbocycles. The summed E-state index contributed by atoms with van der Waals surface area (Å²) in [5.74, 6) is 0.877. The van der Waals surface area contributed by atoms with Crippen LogP contribution in [0.5, 0.6) is 5.75 Å². The largest absolute Gasteiger partial charge is 0.493 e. The van der Waals surface area contributed by atoms with E-state index in [2.05, 4.69) is 13.8 Å². The van der Waals surface area contributed by atoms with Crippen LogP contribution in [0.3, 0.4) is 0 Å². The van der Waals surface area contributed by atoms with Gasteiger partial charge in [0.25, 0.3) is 0 Å². The van der Waals surface area contributed by atoms with Crippen LogP contribution >= 0.6 is 0 Å². The molecule has 0 radical (unpaired) electrons.